The van der Waals surface area contributed by atoms with Gasteiger partial charge >= 0.3 is 5.69 Å². The number of fused-ring (bicyclic) bond motifs is 1. The van der Waals surface area contributed by atoms with E-state index < -0.39 is 106 Å². The number of ether oxygens (including phenoxy) is 2. The lowest BCUT2D eigenvalue weighted by Crippen LogP contribution is -2.34. The second-order valence-electron chi connectivity index (χ2n) is 11.4. The van der Waals surface area contributed by atoms with Crippen LogP contribution in [0.15, 0.2) is 33.6 Å². The molecule has 57 heavy (non-hydrogen) atoms. The molecule has 3 aromatic rings. The van der Waals surface area contributed by atoms with E-state index in [-0.39, 0.29) is 29.0 Å². The highest BCUT2D eigenvalue weighted by molar-refractivity contribution is 7.70. The van der Waals surface area contributed by atoms with E-state index >= 15 is 0 Å². The van der Waals surface area contributed by atoms with Gasteiger partial charge < -0.3 is 58.9 Å². The minimum atomic E-state index is -6.88. The quantitative estimate of drug-likeness (QED) is 0.0438. The third kappa shape index (κ3) is 11.1. The maximum atomic E-state index is 12.2. The summed E-state index contributed by atoms with van der Waals surface area (Å²) in [6, 6.07) is -1.28. The second-order valence-corrected chi connectivity index (χ2v) is 19.0. The van der Waals surface area contributed by atoms with E-state index in [1.165, 1.54) is 6.92 Å². The Bertz CT molecular complexity index is 2420. The lowest BCUT2D eigenvalue weighted by Gasteiger charge is -2.37. The first kappa shape index (κ1) is 45.0. The van der Waals surface area contributed by atoms with E-state index in [4.69, 9.17) is 20.7 Å². The van der Waals surface area contributed by atoms with Gasteiger partial charge in [0.25, 0.3) is 44.7 Å². The molecule has 2 aliphatic heterocycles. The summed E-state index contributed by atoms with van der Waals surface area (Å²) in [7, 11) is -32.9. The highest BCUT2D eigenvalue weighted by Gasteiger charge is 2.45. The Hall–Kier alpha value is -3.11. The number of nitrogens with two attached hydrogens (primary N) is 1. The number of rotatable bonds is 17. The summed E-state index contributed by atoms with van der Waals surface area (Å²) in [5, 5.41) is 24.2. The molecule has 2 saturated heterocycles. The van der Waals surface area contributed by atoms with Crippen molar-refractivity contribution in [2.45, 2.75) is 56.3 Å². The monoisotopic (exact) mass is 911 g/mol. The summed E-state index contributed by atoms with van der Waals surface area (Å²) >= 11 is 0. The fraction of sp³-hybridized carbons (Fsp3) is 0.550. The normalized spacial score (nSPS) is 29.1. The molecule has 3 aromatic heterocycles. The molecule has 32 nitrogen and oxygen atoms in total. The van der Waals surface area contributed by atoms with Gasteiger partial charge in [-0.25, -0.2) is 37.0 Å². The molecule has 0 spiro atoms. The van der Waals surface area contributed by atoms with Crippen LogP contribution in [-0.4, -0.2) is 83.0 Å². The minimum Gasteiger partial charge on any atom is -0.756 e. The summed E-state index contributed by atoms with van der Waals surface area (Å²) in [5.74, 6) is -0.0670. The molecule has 5 unspecified atom stereocenters. The molecule has 0 aliphatic carbocycles. The number of aromatic nitrogens is 6. The van der Waals surface area contributed by atoms with E-state index in [0.29, 0.717) is 0 Å². The number of aromatic amines is 1. The summed E-state index contributed by atoms with van der Waals surface area (Å²) in [6.07, 6.45) is -6.92. The van der Waals surface area contributed by atoms with E-state index in [2.05, 4.69) is 51.3 Å². The van der Waals surface area contributed by atoms with Gasteiger partial charge in [0.15, 0.2) is 17.7 Å². The molecule has 2 fully saturated rings. The number of aliphatic hydroxyl groups excluding tert-OH is 2. The Labute approximate surface area is 314 Å². The van der Waals surface area contributed by atoms with Crippen LogP contribution in [0.2, 0.25) is 0 Å². The number of anilines is 1. The van der Waals surface area contributed by atoms with Crippen LogP contribution in [0.4, 0.5) is 5.82 Å². The summed E-state index contributed by atoms with van der Waals surface area (Å²) in [6.45, 7) is -1.18. The van der Waals surface area contributed by atoms with Crippen LogP contribution in [0.25, 0.3) is 21.6 Å². The Kier molecular flexibility index (Phi) is 13.3. The highest BCUT2D eigenvalue weighted by Crippen LogP contribution is 2.69. The fourth-order valence-corrected chi connectivity index (χ4v) is 11.2. The van der Waals surface area contributed by atoms with Crippen LogP contribution in [-0.2, 0) is 58.6 Å². The van der Waals surface area contributed by atoms with Gasteiger partial charge in [0, 0.05) is 23.1 Å². The minimum absolute atomic E-state index is 0.0119. The van der Waals surface area contributed by atoms with Crippen LogP contribution in [0, 0.1) is 6.92 Å². The van der Waals surface area contributed by atoms with Crippen molar-refractivity contribution < 1.29 is 93.3 Å². The van der Waals surface area contributed by atoms with Gasteiger partial charge in [-0.3, -0.25) is 41.7 Å². The average molecular weight is 911 g/mol. The first-order valence-corrected chi connectivity index (χ1v) is 22.3. The Morgan fingerprint density at radius 2 is 1.46 bits per heavy atom. The van der Waals surface area contributed by atoms with Crippen molar-refractivity contribution in [3.05, 3.63) is 55.7 Å². The zero-order chi connectivity index (χ0) is 42.3. The SMILES string of the molecule is Cc1cn([C@H]2C[C@H](N=[N+]=[N-])[C@@H](COP(=O)([O-])OP(=O)([O-])OP(=O)([O-])OP(=O)([O-])OP(=O)([O-])OC[C@H]3O[C@@H](n4cnc5c(N)ncnc54)[C@H](O)[C@@H]3O)O2)c(=O)[nH]c1=O. The van der Waals surface area contributed by atoms with Gasteiger partial charge in [0.05, 0.1) is 31.7 Å². The van der Waals surface area contributed by atoms with Crippen LogP contribution in [0.1, 0.15) is 24.4 Å². The van der Waals surface area contributed by atoms with Crippen molar-refractivity contribution in [1.82, 2.24) is 29.1 Å². The first-order chi connectivity index (χ1) is 26.3. The van der Waals surface area contributed by atoms with Crippen molar-refractivity contribution >= 4 is 56.1 Å². The molecule has 0 saturated carbocycles. The highest BCUT2D eigenvalue weighted by atomic mass is 31.3. The first-order valence-electron chi connectivity index (χ1n) is 15.0. The topological polar surface area (TPSA) is 488 Å². The van der Waals surface area contributed by atoms with Crippen molar-refractivity contribution in [1.29, 1.82) is 0 Å². The van der Waals surface area contributed by atoms with Crippen molar-refractivity contribution in [3.63, 3.8) is 0 Å². The maximum absolute atomic E-state index is 12.2. The lowest BCUT2D eigenvalue weighted by atomic mass is 10.1. The molecule has 316 valence electrons. The van der Waals surface area contributed by atoms with E-state index in [9.17, 15) is 67.1 Å². The summed E-state index contributed by atoms with van der Waals surface area (Å²) in [4.78, 5) is 101. The molecule has 0 bridgehead atoms. The number of nitrogens with one attached hydrogen (secondary N) is 1. The predicted molar refractivity (Wildman–Crippen MR) is 167 cm³/mol. The smallest absolute Gasteiger partial charge is 0.330 e. The Morgan fingerprint density at radius 1 is 0.895 bits per heavy atom. The molecule has 5 N–H and O–H groups in total. The molecule has 5 heterocycles. The number of phosphoric acid groups is 5. The van der Waals surface area contributed by atoms with Crippen LogP contribution < -0.4 is 41.4 Å². The molecule has 0 aromatic carbocycles. The molecule has 12 atom stereocenters. The van der Waals surface area contributed by atoms with Gasteiger partial charge in [0.2, 0.25) is 0 Å². The van der Waals surface area contributed by atoms with Gasteiger partial charge in [-0.2, -0.15) is 0 Å². The van der Waals surface area contributed by atoms with E-state index in [1.807, 2.05) is 4.98 Å². The molecule has 37 heteroatoms. The zero-order valence-electron chi connectivity index (χ0n) is 27.8. The largest absolute Gasteiger partial charge is 0.756 e. The number of imidazole rings is 1. The number of aryl methyl sites for hydroxylation is 1. The van der Waals surface area contributed by atoms with Crippen molar-refractivity contribution in [2.24, 2.45) is 5.11 Å². The number of H-pyrrole nitrogens is 1. The van der Waals surface area contributed by atoms with Gasteiger partial charge in [-0.1, -0.05) is 5.11 Å². The number of azide groups is 1. The number of aliphatic hydroxyl groups is 2. The molecule has 5 rings (SSSR count). The number of hydrogen-bond donors (Lipinski definition) is 4. The molecular formula is C20H24N10O22P5-5. The van der Waals surface area contributed by atoms with Crippen LogP contribution in [0.3, 0.4) is 0 Å². The average Bonchev–Trinajstić information content (AvgIpc) is 3.75. The Morgan fingerprint density at radius 3 is 2.04 bits per heavy atom. The van der Waals surface area contributed by atoms with Crippen molar-refractivity contribution in [3.8, 4) is 0 Å². The zero-order valence-corrected chi connectivity index (χ0v) is 32.3. The number of nitrogens with zero attached hydrogens (tertiary/aromatic N) is 8. The number of phosphoric ester groups is 2. The van der Waals surface area contributed by atoms with Gasteiger partial charge in [0.1, 0.15) is 36.4 Å². The predicted octanol–water partition coefficient (Wildman–Crippen LogP) is -3.71. The van der Waals surface area contributed by atoms with Gasteiger partial charge in [-0.05, 0) is 12.5 Å². The van der Waals surface area contributed by atoms with Crippen LogP contribution in [0.5, 0.6) is 0 Å². The maximum Gasteiger partial charge on any atom is 0.330 e. The third-order valence-electron chi connectivity index (χ3n) is 7.45. The molecule has 0 radical (unpaired) electrons. The Balaban J connectivity index is 1.14. The standard InChI is InChI=1S/C20H29N10O22P5/c1-8-3-29(20(34)26-18(8)33)12-2-9(27-28-22)10(47-12)4-45-53(35,36)49-55(39,40)51-57(43,44)52-56(41,42)50-54(37,38)46-5-11-14(31)15(32)19(48-11)30-7-25-13-16(21)23-6-24-17(13)30/h3,6-7,9-12,14-15,19,31-32H,2,4-5H2,1H3,(H,35,36)(H,37,38)(H,39,40)(H,41,42)(H,43,44)(H2,21,23,24)(H,26,33,34)/p-5/t9-,10+,11+,12+,14+,15+,19+/m0/s1. The number of nitrogen functional groups attached to an aromatic ring is 1. The lowest BCUT2D eigenvalue weighted by molar-refractivity contribution is -0.256. The molecule has 0 amide bonds. The second kappa shape index (κ2) is 16.9. The molecular weight excluding hydrogens is 887 g/mol. The van der Waals surface area contributed by atoms with E-state index in [0.717, 1.165) is 28.0 Å². The van der Waals surface area contributed by atoms with Gasteiger partial charge in [-0.15, -0.1) is 0 Å². The third-order valence-corrected chi connectivity index (χ3v) is 14.8. The summed E-state index contributed by atoms with van der Waals surface area (Å²) < 4.78 is 95.9. The number of hydrogen-bond acceptors (Lipinski definition) is 27. The fourth-order valence-electron chi connectivity index (χ4n) is 5.09. The molecule has 2 aliphatic rings. The summed E-state index contributed by atoms with van der Waals surface area (Å²) in [5.41, 5.74) is 13.0. The van der Waals surface area contributed by atoms with Crippen LogP contribution >= 0.6 is 39.1 Å². The van der Waals surface area contributed by atoms with E-state index in [1.54, 1.807) is 0 Å². The van der Waals surface area contributed by atoms with Crippen molar-refractivity contribution in [2.75, 3.05) is 18.9 Å².